The van der Waals surface area contributed by atoms with Gasteiger partial charge in [-0.3, -0.25) is 0 Å². The van der Waals surface area contributed by atoms with E-state index in [4.69, 9.17) is 0 Å². The highest BCUT2D eigenvalue weighted by Gasteiger charge is 2.32. The second-order valence-electron chi connectivity index (χ2n) is 3.85. The first kappa shape index (κ1) is 12.0. The maximum absolute atomic E-state index is 13.4. The van der Waals surface area contributed by atoms with Gasteiger partial charge in [0.25, 0.3) is 0 Å². The average molecular weight is 308 g/mol. The summed E-state index contributed by atoms with van der Waals surface area (Å²) in [5.41, 5.74) is 0.534. The minimum Gasteiger partial charge on any atom is -0.308 e. The molecule has 0 saturated carbocycles. The van der Waals surface area contributed by atoms with Crippen LogP contribution in [0.5, 0.6) is 0 Å². The Morgan fingerprint density at radius 2 is 2.12 bits per heavy atom. The van der Waals surface area contributed by atoms with E-state index in [1.807, 2.05) is 0 Å². The van der Waals surface area contributed by atoms with Gasteiger partial charge in [-0.2, -0.15) is 0 Å². The molecule has 88 valence electrons. The van der Waals surface area contributed by atoms with Gasteiger partial charge in [-0.1, -0.05) is 22.0 Å². The quantitative estimate of drug-likeness (QED) is 0.920. The molecule has 1 aromatic carbocycles. The Labute approximate surface area is 102 Å². The van der Waals surface area contributed by atoms with Crippen LogP contribution < -0.4 is 5.32 Å². The molecule has 1 heterocycles. The molecule has 1 aliphatic rings. The summed E-state index contributed by atoms with van der Waals surface area (Å²) in [6, 6.07) is 4.73. The molecule has 0 amide bonds. The Morgan fingerprint density at radius 3 is 2.69 bits per heavy atom. The highest BCUT2D eigenvalue weighted by atomic mass is 79.9. The summed E-state index contributed by atoms with van der Waals surface area (Å²) in [5, 5.41) is 3.02. The van der Waals surface area contributed by atoms with Crippen molar-refractivity contribution in [3.8, 4) is 0 Å². The van der Waals surface area contributed by atoms with Crippen LogP contribution in [0.25, 0.3) is 0 Å². The van der Waals surface area contributed by atoms with Crippen LogP contribution in [-0.4, -0.2) is 26.0 Å². The average Bonchev–Trinajstić information content (AvgIpc) is 2.14. The van der Waals surface area contributed by atoms with Crippen molar-refractivity contribution in [1.29, 1.82) is 0 Å². The van der Waals surface area contributed by atoms with Crippen LogP contribution in [0.4, 0.5) is 4.39 Å². The zero-order chi connectivity index (χ0) is 11.8. The molecule has 6 heteroatoms. The van der Waals surface area contributed by atoms with Crippen LogP contribution in [0.2, 0.25) is 0 Å². The maximum Gasteiger partial charge on any atom is 0.153 e. The van der Waals surface area contributed by atoms with Crippen LogP contribution in [0.3, 0.4) is 0 Å². The Kier molecular flexibility index (Phi) is 3.32. The molecule has 1 N–H and O–H groups in total. The van der Waals surface area contributed by atoms with Crippen molar-refractivity contribution >= 4 is 25.8 Å². The third kappa shape index (κ3) is 2.61. The first-order valence-corrected chi connectivity index (χ1v) is 7.46. The summed E-state index contributed by atoms with van der Waals surface area (Å²) in [7, 11) is -2.82. The standard InChI is InChI=1S/C10H11BrFNO2S/c11-9-2-1-3-10(12)8(9)4-13-7-5-16(14,15)6-7/h1-3,7,13H,4-6H2. The molecule has 1 saturated heterocycles. The van der Waals surface area contributed by atoms with Gasteiger partial charge < -0.3 is 5.32 Å². The van der Waals surface area contributed by atoms with Crippen molar-refractivity contribution < 1.29 is 12.8 Å². The fourth-order valence-electron chi connectivity index (χ4n) is 1.63. The van der Waals surface area contributed by atoms with Gasteiger partial charge in [0, 0.05) is 22.6 Å². The molecule has 1 fully saturated rings. The van der Waals surface area contributed by atoms with Crippen molar-refractivity contribution in [3.63, 3.8) is 0 Å². The minimum atomic E-state index is -2.82. The van der Waals surface area contributed by atoms with E-state index in [-0.39, 0.29) is 23.4 Å². The van der Waals surface area contributed by atoms with Crippen LogP contribution >= 0.6 is 15.9 Å². The summed E-state index contributed by atoms with van der Waals surface area (Å²) in [4.78, 5) is 0. The molecule has 0 radical (unpaired) electrons. The van der Waals surface area contributed by atoms with Gasteiger partial charge in [0.15, 0.2) is 9.84 Å². The highest BCUT2D eigenvalue weighted by molar-refractivity contribution is 9.10. The monoisotopic (exact) mass is 307 g/mol. The van der Waals surface area contributed by atoms with Crippen LogP contribution in [0.1, 0.15) is 5.56 Å². The summed E-state index contributed by atoms with van der Waals surface area (Å²) >= 11 is 3.26. The third-order valence-electron chi connectivity index (χ3n) is 2.54. The van der Waals surface area contributed by atoms with Gasteiger partial charge in [0.2, 0.25) is 0 Å². The number of rotatable bonds is 3. The fourth-order valence-corrected chi connectivity index (χ4v) is 3.48. The Balaban J connectivity index is 1.96. The van der Waals surface area contributed by atoms with Gasteiger partial charge in [-0.15, -0.1) is 0 Å². The Bertz CT molecular complexity index is 471. The lowest BCUT2D eigenvalue weighted by atomic mass is 10.2. The molecular weight excluding hydrogens is 297 g/mol. The van der Waals surface area contributed by atoms with Crippen molar-refractivity contribution in [1.82, 2.24) is 5.32 Å². The lowest BCUT2D eigenvalue weighted by Crippen LogP contribution is -2.50. The zero-order valence-corrected chi connectivity index (χ0v) is 10.8. The maximum atomic E-state index is 13.4. The number of sulfone groups is 1. The van der Waals surface area contributed by atoms with E-state index < -0.39 is 9.84 Å². The summed E-state index contributed by atoms with van der Waals surface area (Å²) < 4.78 is 35.9. The van der Waals surface area contributed by atoms with E-state index in [1.165, 1.54) is 6.07 Å². The molecule has 0 bridgehead atoms. The number of hydrogen-bond donors (Lipinski definition) is 1. The summed E-state index contributed by atoms with van der Waals surface area (Å²) in [5.74, 6) is 0.0158. The van der Waals surface area contributed by atoms with Gasteiger partial charge in [-0.25, -0.2) is 12.8 Å². The number of halogens is 2. The predicted molar refractivity (Wildman–Crippen MR) is 63.4 cm³/mol. The number of nitrogens with one attached hydrogen (secondary N) is 1. The van der Waals surface area contributed by atoms with E-state index >= 15 is 0 Å². The molecule has 2 rings (SSSR count). The molecule has 0 unspecified atom stereocenters. The first-order chi connectivity index (χ1) is 7.48. The first-order valence-electron chi connectivity index (χ1n) is 4.84. The van der Waals surface area contributed by atoms with E-state index in [1.54, 1.807) is 12.1 Å². The van der Waals surface area contributed by atoms with Crippen molar-refractivity contribution in [3.05, 3.63) is 34.1 Å². The van der Waals surface area contributed by atoms with Gasteiger partial charge in [0.1, 0.15) is 5.82 Å². The van der Waals surface area contributed by atoms with Gasteiger partial charge in [-0.05, 0) is 12.1 Å². The molecule has 0 aromatic heterocycles. The molecule has 1 aliphatic heterocycles. The van der Waals surface area contributed by atoms with Crippen molar-refractivity contribution in [2.45, 2.75) is 12.6 Å². The fraction of sp³-hybridized carbons (Fsp3) is 0.400. The lowest BCUT2D eigenvalue weighted by molar-refractivity contribution is 0.502. The largest absolute Gasteiger partial charge is 0.308 e. The molecule has 1 aromatic rings. The highest BCUT2D eigenvalue weighted by Crippen LogP contribution is 2.20. The molecule has 3 nitrogen and oxygen atoms in total. The number of hydrogen-bond acceptors (Lipinski definition) is 3. The second kappa shape index (κ2) is 4.43. The van der Waals surface area contributed by atoms with E-state index in [0.717, 1.165) is 0 Å². The Morgan fingerprint density at radius 1 is 1.44 bits per heavy atom. The molecule has 0 spiro atoms. The van der Waals surface area contributed by atoms with E-state index in [0.29, 0.717) is 16.6 Å². The predicted octanol–water partition coefficient (Wildman–Crippen LogP) is 1.47. The molecule has 0 aliphatic carbocycles. The van der Waals surface area contributed by atoms with Gasteiger partial charge >= 0.3 is 0 Å². The number of benzene rings is 1. The minimum absolute atomic E-state index is 0.0449. The second-order valence-corrected chi connectivity index (χ2v) is 6.86. The zero-order valence-electron chi connectivity index (χ0n) is 8.41. The molecule has 16 heavy (non-hydrogen) atoms. The van der Waals surface area contributed by atoms with Crippen molar-refractivity contribution in [2.24, 2.45) is 0 Å². The van der Waals surface area contributed by atoms with Crippen LogP contribution in [-0.2, 0) is 16.4 Å². The third-order valence-corrected chi connectivity index (χ3v) is 5.10. The van der Waals surface area contributed by atoms with Gasteiger partial charge in [0.05, 0.1) is 11.5 Å². The summed E-state index contributed by atoms with van der Waals surface area (Å²) in [6.07, 6.45) is 0. The van der Waals surface area contributed by atoms with E-state index in [2.05, 4.69) is 21.2 Å². The molecular formula is C10H11BrFNO2S. The summed E-state index contributed by atoms with van der Waals surface area (Å²) in [6.45, 7) is 0.341. The van der Waals surface area contributed by atoms with E-state index in [9.17, 15) is 12.8 Å². The lowest BCUT2D eigenvalue weighted by Gasteiger charge is -2.26. The molecule has 0 atom stereocenters. The smallest absolute Gasteiger partial charge is 0.153 e. The normalized spacial score (nSPS) is 19.4. The topological polar surface area (TPSA) is 46.2 Å². The van der Waals surface area contributed by atoms with Crippen molar-refractivity contribution in [2.75, 3.05) is 11.5 Å². The van der Waals surface area contributed by atoms with Crippen LogP contribution in [0.15, 0.2) is 22.7 Å². The SMILES string of the molecule is O=S1(=O)CC(NCc2c(F)cccc2Br)C1. The Hall–Kier alpha value is -0.460. The van der Waals surface area contributed by atoms with Crippen LogP contribution in [0, 0.1) is 5.82 Å².